The van der Waals surface area contributed by atoms with E-state index in [1.165, 1.54) is 0 Å². The van der Waals surface area contributed by atoms with E-state index in [2.05, 4.69) is 23.8 Å². The molecule has 0 rings (SSSR count). The quantitative estimate of drug-likeness (QED) is 0.228. The zero-order valence-corrected chi connectivity index (χ0v) is 16.5. The van der Waals surface area contributed by atoms with Gasteiger partial charge >= 0.3 is 5.97 Å². The highest BCUT2D eigenvalue weighted by atomic mass is 16.5. The van der Waals surface area contributed by atoms with E-state index in [0.717, 1.165) is 19.3 Å². The lowest BCUT2D eigenvalue weighted by molar-refractivity contribution is -0.145. The maximum Gasteiger partial charge on any atom is 0.305 e. The first-order valence-corrected chi connectivity index (χ1v) is 9.42. The van der Waals surface area contributed by atoms with Crippen molar-refractivity contribution < 1.29 is 24.2 Å². The van der Waals surface area contributed by atoms with Gasteiger partial charge in [-0.3, -0.25) is 14.4 Å². The SMILES string of the molecule is C=CCCCCC(=O)OC[C@H](C)NC(=O)[C@H](CC=C)CC(=O)N[C@@H](C)CO. The minimum atomic E-state index is -0.564. The summed E-state index contributed by atoms with van der Waals surface area (Å²) in [5.41, 5.74) is 0. The molecule has 0 bridgehead atoms. The van der Waals surface area contributed by atoms with Crippen molar-refractivity contribution in [3.8, 4) is 0 Å². The van der Waals surface area contributed by atoms with Crippen LogP contribution in [0.15, 0.2) is 25.3 Å². The van der Waals surface area contributed by atoms with Gasteiger partial charge in [-0.2, -0.15) is 0 Å². The second kappa shape index (κ2) is 15.0. The number of unbranched alkanes of at least 4 members (excludes halogenated alkanes) is 2. The van der Waals surface area contributed by atoms with Crippen molar-refractivity contribution in [3.05, 3.63) is 25.3 Å². The van der Waals surface area contributed by atoms with Gasteiger partial charge in [0.15, 0.2) is 0 Å². The number of carbonyl (C=O) groups excluding carboxylic acids is 3. The van der Waals surface area contributed by atoms with E-state index >= 15 is 0 Å². The van der Waals surface area contributed by atoms with Crippen molar-refractivity contribution in [3.63, 3.8) is 0 Å². The molecule has 3 atom stereocenters. The van der Waals surface area contributed by atoms with Crippen LogP contribution in [0.3, 0.4) is 0 Å². The number of aliphatic hydroxyl groups is 1. The number of amides is 2. The third-order valence-corrected chi connectivity index (χ3v) is 3.86. The third kappa shape index (κ3) is 12.8. The van der Waals surface area contributed by atoms with Crippen molar-refractivity contribution in [1.29, 1.82) is 0 Å². The number of ether oxygens (including phenoxy) is 1. The van der Waals surface area contributed by atoms with Crippen LogP contribution in [0.4, 0.5) is 0 Å². The zero-order chi connectivity index (χ0) is 20.7. The summed E-state index contributed by atoms with van der Waals surface area (Å²) in [7, 11) is 0. The molecule has 0 aliphatic carbocycles. The van der Waals surface area contributed by atoms with E-state index in [4.69, 9.17) is 9.84 Å². The van der Waals surface area contributed by atoms with Gasteiger partial charge in [0.05, 0.1) is 18.6 Å². The van der Waals surface area contributed by atoms with Gasteiger partial charge in [-0.25, -0.2) is 0 Å². The van der Waals surface area contributed by atoms with E-state index in [0.29, 0.717) is 12.8 Å². The summed E-state index contributed by atoms with van der Waals surface area (Å²) in [6.07, 6.45) is 6.60. The molecular weight excluding hydrogens is 348 g/mol. The van der Waals surface area contributed by atoms with E-state index in [1.807, 2.05) is 6.08 Å². The Hall–Kier alpha value is -2.15. The van der Waals surface area contributed by atoms with Crippen LogP contribution in [0, 0.1) is 5.92 Å². The Bertz CT molecular complexity index is 493. The molecule has 0 aromatic rings. The second-order valence-electron chi connectivity index (χ2n) is 6.70. The first-order chi connectivity index (χ1) is 12.8. The highest BCUT2D eigenvalue weighted by Gasteiger charge is 2.23. The van der Waals surface area contributed by atoms with Gasteiger partial charge in [-0.1, -0.05) is 12.2 Å². The Labute approximate surface area is 162 Å². The van der Waals surface area contributed by atoms with Crippen LogP contribution in [0.5, 0.6) is 0 Å². The van der Waals surface area contributed by atoms with E-state index in [9.17, 15) is 14.4 Å². The Morgan fingerprint density at radius 1 is 1.07 bits per heavy atom. The van der Waals surface area contributed by atoms with Crippen LogP contribution >= 0.6 is 0 Å². The summed E-state index contributed by atoms with van der Waals surface area (Å²) in [5, 5.41) is 14.4. The zero-order valence-electron chi connectivity index (χ0n) is 16.5. The molecule has 0 aliphatic heterocycles. The van der Waals surface area contributed by atoms with Crippen molar-refractivity contribution in [2.24, 2.45) is 5.92 Å². The normalized spacial score (nSPS) is 13.7. The number of aliphatic hydroxyl groups excluding tert-OH is 1. The number of carbonyl (C=O) groups is 3. The summed E-state index contributed by atoms with van der Waals surface area (Å²) in [6, 6.07) is -0.726. The molecule has 7 nitrogen and oxygen atoms in total. The largest absolute Gasteiger partial charge is 0.464 e. The Kier molecular flexibility index (Phi) is 13.8. The monoisotopic (exact) mass is 382 g/mol. The molecule has 0 saturated carbocycles. The van der Waals surface area contributed by atoms with Crippen LogP contribution in [0.2, 0.25) is 0 Å². The van der Waals surface area contributed by atoms with Gasteiger partial charge in [-0.15, -0.1) is 13.2 Å². The molecular formula is C20H34N2O5. The van der Waals surface area contributed by atoms with Crippen LogP contribution in [-0.4, -0.2) is 48.2 Å². The van der Waals surface area contributed by atoms with Gasteiger partial charge in [0, 0.05) is 18.9 Å². The van der Waals surface area contributed by atoms with Crippen molar-refractivity contribution in [2.45, 2.75) is 64.5 Å². The number of nitrogens with one attached hydrogen (secondary N) is 2. The molecule has 7 heteroatoms. The smallest absolute Gasteiger partial charge is 0.305 e. The summed E-state index contributed by atoms with van der Waals surface area (Å²) in [4.78, 5) is 36.0. The fourth-order valence-corrected chi connectivity index (χ4v) is 2.34. The molecule has 0 spiro atoms. The highest BCUT2D eigenvalue weighted by molar-refractivity contribution is 5.86. The number of rotatable bonds is 15. The maximum absolute atomic E-state index is 12.4. The molecule has 0 aliphatic rings. The lowest BCUT2D eigenvalue weighted by Crippen LogP contribution is -2.42. The fourth-order valence-electron chi connectivity index (χ4n) is 2.34. The molecule has 0 aromatic heterocycles. The molecule has 0 fully saturated rings. The Morgan fingerprint density at radius 2 is 1.78 bits per heavy atom. The lowest BCUT2D eigenvalue weighted by Gasteiger charge is -2.20. The van der Waals surface area contributed by atoms with Gasteiger partial charge in [0.25, 0.3) is 0 Å². The minimum absolute atomic E-state index is 0.00198. The van der Waals surface area contributed by atoms with Crippen molar-refractivity contribution >= 4 is 17.8 Å². The molecule has 154 valence electrons. The van der Waals surface area contributed by atoms with Gasteiger partial charge in [0.1, 0.15) is 6.61 Å². The van der Waals surface area contributed by atoms with Crippen LogP contribution < -0.4 is 10.6 Å². The third-order valence-electron chi connectivity index (χ3n) is 3.86. The van der Waals surface area contributed by atoms with Crippen LogP contribution in [0.25, 0.3) is 0 Å². The Morgan fingerprint density at radius 3 is 2.37 bits per heavy atom. The van der Waals surface area contributed by atoms with E-state index in [-0.39, 0.29) is 49.5 Å². The van der Waals surface area contributed by atoms with Crippen LogP contribution in [0.1, 0.15) is 52.4 Å². The van der Waals surface area contributed by atoms with Gasteiger partial charge in [-0.05, 0) is 39.5 Å². The molecule has 0 unspecified atom stereocenters. The van der Waals surface area contributed by atoms with Gasteiger partial charge in [0.2, 0.25) is 11.8 Å². The summed E-state index contributed by atoms with van der Waals surface area (Å²) in [5.74, 6) is -1.46. The second-order valence-corrected chi connectivity index (χ2v) is 6.70. The Balaban J connectivity index is 4.33. The fraction of sp³-hybridized carbons (Fsp3) is 0.650. The standard InChI is InChI=1S/C20H34N2O5/c1-5-7-8-9-11-19(25)27-14-16(4)22-20(26)17(10-6-2)12-18(24)21-15(3)13-23/h5-6,15-17,23H,1-2,7-14H2,3-4H3,(H,21,24)(H,22,26)/t15-,16-,17+/m0/s1. The first kappa shape index (κ1) is 24.8. The molecule has 0 radical (unpaired) electrons. The topological polar surface area (TPSA) is 105 Å². The van der Waals surface area contributed by atoms with Gasteiger partial charge < -0.3 is 20.5 Å². The van der Waals surface area contributed by atoms with Crippen molar-refractivity contribution in [2.75, 3.05) is 13.2 Å². The predicted octanol–water partition coefficient (Wildman–Crippen LogP) is 1.86. The predicted molar refractivity (Wildman–Crippen MR) is 105 cm³/mol. The lowest BCUT2D eigenvalue weighted by atomic mass is 9.99. The number of esters is 1. The summed E-state index contributed by atoms with van der Waals surface area (Å²) >= 11 is 0. The number of hydrogen-bond acceptors (Lipinski definition) is 5. The molecule has 27 heavy (non-hydrogen) atoms. The van der Waals surface area contributed by atoms with Crippen LogP contribution in [-0.2, 0) is 19.1 Å². The van der Waals surface area contributed by atoms with Crippen molar-refractivity contribution in [1.82, 2.24) is 10.6 Å². The number of hydrogen-bond donors (Lipinski definition) is 3. The van der Waals surface area contributed by atoms with E-state index in [1.54, 1.807) is 19.9 Å². The summed E-state index contributed by atoms with van der Waals surface area (Å²) < 4.78 is 5.17. The maximum atomic E-state index is 12.4. The average molecular weight is 383 g/mol. The molecule has 0 heterocycles. The number of allylic oxidation sites excluding steroid dienone is 2. The molecule has 3 N–H and O–H groups in total. The average Bonchev–Trinajstić information content (AvgIpc) is 2.63. The highest BCUT2D eigenvalue weighted by Crippen LogP contribution is 2.11. The molecule has 2 amide bonds. The summed E-state index contributed by atoms with van der Waals surface area (Å²) in [6.45, 7) is 10.6. The minimum Gasteiger partial charge on any atom is -0.464 e. The van der Waals surface area contributed by atoms with E-state index < -0.39 is 5.92 Å². The molecule has 0 aromatic carbocycles. The molecule has 0 saturated heterocycles. The first-order valence-electron chi connectivity index (χ1n) is 9.42.